The lowest BCUT2D eigenvalue weighted by Gasteiger charge is -2.12. The fraction of sp³-hybridized carbons (Fsp3) is 0.900. The fourth-order valence-electron chi connectivity index (χ4n) is 1.16. The van der Waals surface area contributed by atoms with E-state index in [1.54, 1.807) is 6.26 Å². The topological polar surface area (TPSA) is 66.4 Å². The number of nitrogens with one attached hydrogen (secondary N) is 1. The summed E-state index contributed by atoms with van der Waals surface area (Å²) in [5.41, 5.74) is 0. The number of carbonyl (C=O) groups is 1. The zero-order valence-corrected chi connectivity index (χ0v) is 10.3. The molecule has 15 heavy (non-hydrogen) atoms. The molecule has 0 aliphatic heterocycles. The molecular weight excluding hydrogens is 214 g/mol. The third-order valence-electron chi connectivity index (χ3n) is 2.06. The van der Waals surface area contributed by atoms with Gasteiger partial charge in [-0.1, -0.05) is 0 Å². The Morgan fingerprint density at radius 1 is 1.47 bits per heavy atom. The van der Waals surface area contributed by atoms with E-state index in [0.717, 1.165) is 12.8 Å². The molecule has 90 valence electrons. The molecule has 0 heterocycles. The quantitative estimate of drug-likeness (QED) is 0.599. The van der Waals surface area contributed by atoms with Gasteiger partial charge in [0.2, 0.25) is 5.91 Å². The molecule has 2 N–H and O–H groups in total. The number of carbonyl (C=O) groups excluding carboxylic acids is 1. The van der Waals surface area contributed by atoms with E-state index in [2.05, 4.69) is 5.32 Å². The average molecular weight is 235 g/mol. The van der Waals surface area contributed by atoms with Crippen LogP contribution in [-0.2, 0) is 15.6 Å². The first-order chi connectivity index (χ1) is 7.06. The minimum absolute atomic E-state index is 0.0119. The predicted octanol–water partition coefficient (Wildman–Crippen LogP) is 0.422. The minimum Gasteiger partial charge on any atom is -0.396 e. The molecule has 4 nitrogen and oxygen atoms in total. The van der Waals surface area contributed by atoms with Crippen molar-refractivity contribution in [1.82, 2.24) is 5.32 Å². The van der Waals surface area contributed by atoms with Gasteiger partial charge in [-0.15, -0.1) is 0 Å². The second-order valence-corrected chi connectivity index (χ2v) is 5.27. The van der Waals surface area contributed by atoms with Crippen LogP contribution < -0.4 is 5.32 Å². The van der Waals surface area contributed by atoms with Crippen LogP contribution >= 0.6 is 0 Å². The van der Waals surface area contributed by atoms with Crippen molar-refractivity contribution in [1.29, 1.82) is 0 Å². The molecule has 0 saturated carbocycles. The smallest absolute Gasteiger partial charge is 0.220 e. The van der Waals surface area contributed by atoms with Crippen molar-refractivity contribution in [3.8, 4) is 0 Å². The SMILES string of the molecule is CC(CCS(C)=O)NC(=O)CCCCO. The van der Waals surface area contributed by atoms with Crippen LogP contribution in [0.25, 0.3) is 0 Å². The highest BCUT2D eigenvalue weighted by molar-refractivity contribution is 7.84. The second-order valence-electron chi connectivity index (χ2n) is 3.72. The summed E-state index contributed by atoms with van der Waals surface area (Å²) < 4.78 is 10.8. The first-order valence-corrected chi connectivity index (χ1v) is 6.99. The fourth-order valence-corrected chi connectivity index (χ4v) is 1.84. The predicted molar refractivity (Wildman–Crippen MR) is 62.1 cm³/mol. The van der Waals surface area contributed by atoms with Gasteiger partial charge in [0.25, 0.3) is 0 Å². The number of unbranched alkanes of at least 4 members (excludes halogenated alkanes) is 1. The third kappa shape index (κ3) is 9.87. The summed E-state index contributed by atoms with van der Waals surface area (Å²) in [4.78, 5) is 11.3. The van der Waals surface area contributed by atoms with E-state index in [9.17, 15) is 9.00 Å². The number of aliphatic hydroxyl groups excluding tert-OH is 1. The van der Waals surface area contributed by atoms with Gasteiger partial charge in [0.05, 0.1) is 0 Å². The van der Waals surface area contributed by atoms with E-state index in [-0.39, 0.29) is 18.6 Å². The molecule has 0 aliphatic carbocycles. The number of aliphatic hydroxyl groups is 1. The summed E-state index contributed by atoms with van der Waals surface area (Å²) >= 11 is 0. The molecule has 0 bridgehead atoms. The van der Waals surface area contributed by atoms with E-state index in [1.165, 1.54) is 0 Å². The summed E-state index contributed by atoms with van der Waals surface area (Å²) in [6.07, 6.45) is 4.25. The van der Waals surface area contributed by atoms with Gasteiger partial charge < -0.3 is 10.4 Å². The molecule has 2 atom stereocenters. The van der Waals surface area contributed by atoms with Crippen molar-refractivity contribution in [3.63, 3.8) is 0 Å². The monoisotopic (exact) mass is 235 g/mol. The van der Waals surface area contributed by atoms with E-state index >= 15 is 0 Å². The highest BCUT2D eigenvalue weighted by atomic mass is 32.2. The highest BCUT2D eigenvalue weighted by Crippen LogP contribution is 1.97. The van der Waals surface area contributed by atoms with Crippen LogP contribution in [0.3, 0.4) is 0 Å². The molecule has 0 spiro atoms. The van der Waals surface area contributed by atoms with Crippen molar-refractivity contribution in [2.24, 2.45) is 0 Å². The second kappa shape index (κ2) is 8.85. The molecule has 0 aliphatic rings. The Bertz CT molecular complexity index is 209. The van der Waals surface area contributed by atoms with Gasteiger partial charge >= 0.3 is 0 Å². The largest absolute Gasteiger partial charge is 0.396 e. The summed E-state index contributed by atoms with van der Waals surface area (Å²) in [6.45, 7) is 2.05. The molecule has 0 aromatic carbocycles. The lowest BCUT2D eigenvalue weighted by Crippen LogP contribution is -2.33. The van der Waals surface area contributed by atoms with E-state index in [0.29, 0.717) is 18.6 Å². The molecule has 0 aromatic rings. The summed E-state index contributed by atoms with van der Waals surface area (Å²) in [5.74, 6) is 0.635. The lowest BCUT2D eigenvalue weighted by molar-refractivity contribution is -0.121. The lowest BCUT2D eigenvalue weighted by atomic mass is 10.2. The summed E-state index contributed by atoms with van der Waals surface area (Å²) in [6, 6.07) is 0.0792. The maximum atomic E-state index is 11.3. The standard InChI is InChI=1S/C10H21NO3S/c1-9(6-8-15(2)14)11-10(13)5-3-4-7-12/h9,12H,3-8H2,1-2H3,(H,11,13). The van der Waals surface area contributed by atoms with Gasteiger partial charge in [0.15, 0.2) is 0 Å². The molecular formula is C10H21NO3S. The van der Waals surface area contributed by atoms with Crippen molar-refractivity contribution in [2.75, 3.05) is 18.6 Å². The molecule has 0 rings (SSSR count). The Morgan fingerprint density at radius 2 is 2.13 bits per heavy atom. The van der Waals surface area contributed by atoms with Crippen LogP contribution in [0.2, 0.25) is 0 Å². The summed E-state index contributed by atoms with van der Waals surface area (Å²) in [7, 11) is -0.792. The van der Waals surface area contributed by atoms with Crippen molar-refractivity contribution >= 4 is 16.7 Å². The Kier molecular flexibility index (Phi) is 8.61. The van der Waals surface area contributed by atoms with Crippen LogP contribution in [0.1, 0.15) is 32.6 Å². The van der Waals surface area contributed by atoms with Gasteiger partial charge in [-0.2, -0.15) is 0 Å². The number of hydrogen-bond donors (Lipinski definition) is 2. The van der Waals surface area contributed by atoms with Gasteiger partial charge in [0, 0.05) is 41.9 Å². The molecule has 0 saturated heterocycles. The van der Waals surface area contributed by atoms with E-state index in [1.807, 2.05) is 6.92 Å². The van der Waals surface area contributed by atoms with Crippen LogP contribution in [0.15, 0.2) is 0 Å². The molecule has 0 radical (unpaired) electrons. The highest BCUT2D eigenvalue weighted by Gasteiger charge is 2.07. The molecule has 0 aromatic heterocycles. The first kappa shape index (κ1) is 14.6. The van der Waals surface area contributed by atoms with Crippen molar-refractivity contribution in [2.45, 2.75) is 38.6 Å². The molecule has 0 fully saturated rings. The molecule has 1 amide bonds. The molecule has 5 heteroatoms. The Hall–Kier alpha value is -0.420. The Labute approximate surface area is 93.9 Å². The average Bonchev–Trinajstić information content (AvgIpc) is 2.15. The number of rotatable bonds is 8. The van der Waals surface area contributed by atoms with Crippen LogP contribution in [0.4, 0.5) is 0 Å². The first-order valence-electron chi connectivity index (χ1n) is 5.26. The van der Waals surface area contributed by atoms with Crippen LogP contribution in [-0.4, -0.2) is 39.9 Å². The number of amides is 1. The normalized spacial score (nSPS) is 14.6. The zero-order chi connectivity index (χ0) is 11.7. The zero-order valence-electron chi connectivity index (χ0n) is 9.49. The maximum Gasteiger partial charge on any atom is 0.220 e. The van der Waals surface area contributed by atoms with E-state index in [4.69, 9.17) is 5.11 Å². The van der Waals surface area contributed by atoms with Gasteiger partial charge in [0.1, 0.15) is 0 Å². The van der Waals surface area contributed by atoms with Gasteiger partial charge in [-0.25, -0.2) is 0 Å². The van der Waals surface area contributed by atoms with Gasteiger partial charge in [-0.05, 0) is 26.2 Å². The molecule has 2 unspecified atom stereocenters. The maximum absolute atomic E-state index is 11.3. The number of hydrogen-bond acceptors (Lipinski definition) is 3. The van der Waals surface area contributed by atoms with Crippen molar-refractivity contribution < 1.29 is 14.1 Å². The summed E-state index contributed by atoms with van der Waals surface area (Å²) in [5, 5.41) is 11.4. The van der Waals surface area contributed by atoms with Crippen LogP contribution in [0.5, 0.6) is 0 Å². The van der Waals surface area contributed by atoms with Gasteiger partial charge in [-0.3, -0.25) is 9.00 Å². The Balaban J connectivity index is 3.53. The van der Waals surface area contributed by atoms with E-state index < -0.39 is 10.8 Å². The Morgan fingerprint density at radius 3 is 2.67 bits per heavy atom. The minimum atomic E-state index is -0.792. The van der Waals surface area contributed by atoms with Crippen molar-refractivity contribution in [3.05, 3.63) is 0 Å². The third-order valence-corrected chi connectivity index (χ3v) is 2.87. The van der Waals surface area contributed by atoms with Crippen LogP contribution in [0, 0.1) is 0 Å².